The summed E-state index contributed by atoms with van der Waals surface area (Å²) < 4.78 is 19.1. The van der Waals surface area contributed by atoms with Crippen molar-refractivity contribution in [1.29, 1.82) is 0 Å². The molecule has 0 amide bonds. The van der Waals surface area contributed by atoms with E-state index in [1.807, 2.05) is 13.0 Å². The van der Waals surface area contributed by atoms with Gasteiger partial charge in [0.25, 0.3) is 0 Å². The summed E-state index contributed by atoms with van der Waals surface area (Å²) in [6.45, 7) is 2.21. The molecule has 1 N–H and O–H groups in total. The Morgan fingerprint density at radius 2 is 2.05 bits per heavy atom. The predicted octanol–water partition coefficient (Wildman–Crippen LogP) is 1.49. The monoisotopic (exact) mass is 272 g/mol. The molecule has 0 spiro atoms. The van der Waals surface area contributed by atoms with E-state index < -0.39 is 0 Å². The Bertz CT molecular complexity index is 788. The predicted molar refractivity (Wildman–Crippen MR) is 72.4 cm³/mol. The number of aryl methyl sites for hydroxylation is 1. The molecule has 102 valence electrons. The maximum absolute atomic E-state index is 13.9. The van der Waals surface area contributed by atoms with Crippen molar-refractivity contribution in [3.8, 4) is 5.88 Å². The first kappa shape index (κ1) is 12.5. The molecule has 0 aliphatic carbocycles. The first-order chi connectivity index (χ1) is 9.67. The Labute approximate surface area is 114 Å². The molecule has 1 aromatic heterocycles. The summed E-state index contributed by atoms with van der Waals surface area (Å²) in [4.78, 5) is 12.6. The lowest BCUT2D eigenvalue weighted by Crippen LogP contribution is -2.26. The quantitative estimate of drug-likeness (QED) is 0.921. The van der Waals surface area contributed by atoms with Crippen molar-refractivity contribution in [2.75, 3.05) is 19.1 Å². The van der Waals surface area contributed by atoms with E-state index in [-0.39, 0.29) is 5.82 Å². The lowest BCUT2D eigenvalue weighted by molar-refractivity contribution is 0.398. The number of methoxy groups -OCH3 is 1. The third kappa shape index (κ3) is 2.20. The third-order valence-corrected chi connectivity index (χ3v) is 3.00. The SMILES string of the molecule is COc1nc2c(cc1Nc1ccc(C)cc1F)=NCN=2. The third-order valence-electron chi connectivity index (χ3n) is 3.00. The molecular formula is C14H13FN4O. The molecule has 5 nitrogen and oxygen atoms in total. The van der Waals surface area contributed by atoms with E-state index in [0.29, 0.717) is 34.8 Å². The molecule has 6 heteroatoms. The highest BCUT2D eigenvalue weighted by molar-refractivity contribution is 5.64. The van der Waals surface area contributed by atoms with E-state index >= 15 is 0 Å². The van der Waals surface area contributed by atoms with Crippen molar-refractivity contribution in [3.63, 3.8) is 0 Å². The number of hydrogen-bond donors (Lipinski definition) is 1. The summed E-state index contributed by atoms with van der Waals surface area (Å²) in [6, 6.07) is 6.74. The van der Waals surface area contributed by atoms with E-state index in [1.54, 1.807) is 12.1 Å². The van der Waals surface area contributed by atoms with Crippen LogP contribution in [0.3, 0.4) is 0 Å². The number of pyridine rings is 1. The Morgan fingerprint density at radius 1 is 1.20 bits per heavy atom. The molecule has 0 saturated carbocycles. The minimum atomic E-state index is -0.325. The van der Waals surface area contributed by atoms with Gasteiger partial charge in [0, 0.05) is 0 Å². The molecule has 1 aromatic carbocycles. The average Bonchev–Trinajstić information content (AvgIpc) is 2.88. The van der Waals surface area contributed by atoms with Gasteiger partial charge in [-0.15, -0.1) is 0 Å². The molecule has 0 bridgehead atoms. The van der Waals surface area contributed by atoms with Crippen LogP contribution in [0.2, 0.25) is 0 Å². The normalized spacial score (nSPS) is 12.3. The zero-order chi connectivity index (χ0) is 14.1. The number of aromatic nitrogens is 1. The highest BCUT2D eigenvalue weighted by atomic mass is 19.1. The Hall–Kier alpha value is -2.50. The number of nitrogens with one attached hydrogen (secondary N) is 1. The summed E-state index contributed by atoms with van der Waals surface area (Å²) >= 11 is 0. The largest absolute Gasteiger partial charge is 0.479 e. The zero-order valence-electron chi connectivity index (χ0n) is 11.1. The minimum Gasteiger partial charge on any atom is -0.479 e. The van der Waals surface area contributed by atoms with E-state index in [4.69, 9.17) is 4.74 Å². The van der Waals surface area contributed by atoms with E-state index in [9.17, 15) is 4.39 Å². The van der Waals surface area contributed by atoms with E-state index in [1.165, 1.54) is 13.2 Å². The van der Waals surface area contributed by atoms with Gasteiger partial charge in [-0.1, -0.05) is 6.07 Å². The molecule has 0 fully saturated rings. The fourth-order valence-corrected chi connectivity index (χ4v) is 2.00. The second-order valence-electron chi connectivity index (χ2n) is 4.45. The van der Waals surface area contributed by atoms with Crippen LogP contribution in [0.1, 0.15) is 5.56 Å². The van der Waals surface area contributed by atoms with Gasteiger partial charge in [0.05, 0.1) is 12.8 Å². The minimum absolute atomic E-state index is 0.325. The van der Waals surface area contributed by atoms with Crippen molar-refractivity contribution in [2.24, 2.45) is 9.98 Å². The van der Waals surface area contributed by atoms with Crippen LogP contribution in [0.4, 0.5) is 15.8 Å². The van der Waals surface area contributed by atoms with E-state index in [2.05, 4.69) is 20.3 Å². The molecule has 20 heavy (non-hydrogen) atoms. The maximum atomic E-state index is 13.9. The van der Waals surface area contributed by atoms with Gasteiger partial charge < -0.3 is 10.1 Å². The van der Waals surface area contributed by atoms with E-state index in [0.717, 1.165) is 5.56 Å². The highest BCUT2D eigenvalue weighted by Crippen LogP contribution is 2.25. The molecule has 3 rings (SSSR count). The van der Waals surface area contributed by atoms with Gasteiger partial charge in [0.2, 0.25) is 5.88 Å². The molecule has 0 unspecified atom stereocenters. The van der Waals surface area contributed by atoms with Crippen LogP contribution in [-0.4, -0.2) is 18.8 Å². The smallest absolute Gasteiger partial charge is 0.239 e. The molecule has 1 aliphatic heterocycles. The Kier molecular flexibility index (Phi) is 3.06. The number of hydrogen-bond acceptors (Lipinski definition) is 5. The van der Waals surface area contributed by atoms with Gasteiger partial charge in [-0.25, -0.2) is 9.38 Å². The van der Waals surface area contributed by atoms with Crippen LogP contribution >= 0.6 is 0 Å². The summed E-state index contributed by atoms with van der Waals surface area (Å²) in [5.41, 5.74) is 2.35. The van der Waals surface area contributed by atoms with Crippen molar-refractivity contribution < 1.29 is 9.13 Å². The van der Waals surface area contributed by atoms with Crippen LogP contribution in [0.25, 0.3) is 0 Å². The van der Waals surface area contributed by atoms with Gasteiger partial charge >= 0.3 is 0 Å². The second kappa shape index (κ2) is 4.88. The van der Waals surface area contributed by atoms with Gasteiger partial charge in [-0.05, 0) is 30.7 Å². The van der Waals surface area contributed by atoms with Crippen molar-refractivity contribution >= 4 is 11.4 Å². The number of benzene rings is 1. The summed E-state index contributed by atoms with van der Waals surface area (Å²) in [5.74, 6) is 0.0405. The van der Waals surface area contributed by atoms with Gasteiger partial charge in [0.15, 0.2) is 5.49 Å². The summed E-state index contributed by atoms with van der Waals surface area (Å²) in [5, 5.41) is 3.67. The molecule has 0 radical (unpaired) electrons. The van der Waals surface area contributed by atoms with Crippen LogP contribution in [0, 0.1) is 12.7 Å². The van der Waals surface area contributed by atoms with Crippen LogP contribution in [-0.2, 0) is 0 Å². The molecule has 2 aromatic rings. The molecule has 2 heterocycles. The van der Waals surface area contributed by atoms with Gasteiger partial charge in [-0.3, -0.25) is 4.99 Å². The first-order valence-corrected chi connectivity index (χ1v) is 6.14. The lowest BCUT2D eigenvalue weighted by Gasteiger charge is -2.10. The molecule has 0 atom stereocenters. The Balaban J connectivity index is 2.05. The number of anilines is 2. The standard InChI is InChI=1S/C14H13FN4O/c1-8-3-4-10(9(15)5-8)18-12-6-11-13(17-7-16-11)19-14(12)20-2/h3-6,18H,7H2,1-2H3. The summed E-state index contributed by atoms with van der Waals surface area (Å²) in [7, 11) is 1.51. The van der Waals surface area contributed by atoms with Crippen LogP contribution < -0.4 is 20.9 Å². The molecule has 1 aliphatic rings. The molecular weight excluding hydrogens is 259 g/mol. The topological polar surface area (TPSA) is 58.9 Å². The highest BCUT2D eigenvalue weighted by Gasteiger charge is 2.11. The second-order valence-corrected chi connectivity index (χ2v) is 4.45. The zero-order valence-corrected chi connectivity index (χ0v) is 11.1. The average molecular weight is 272 g/mol. The lowest BCUT2D eigenvalue weighted by atomic mass is 10.2. The van der Waals surface area contributed by atoms with Crippen molar-refractivity contribution in [3.05, 3.63) is 46.5 Å². The molecule has 0 saturated heterocycles. The first-order valence-electron chi connectivity index (χ1n) is 6.14. The fraction of sp³-hybridized carbons (Fsp3) is 0.214. The van der Waals surface area contributed by atoms with Gasteiger partial charge in [-0.2, -0.15) is 4.98 Å². The van der Waals surface area contributed by atoms with Crippen LogP contribution in [0.15, 0.2) is 34.3 Å². The number of ether oxygens (including phenoxy) is 1. The number of rotatable bonds is 3. The maximum Gasteiger partial charge on any atom is 0.239 e. The fourth-order valence-electron chi connectivity index (χ4n) is 2.00. The van der Waals surface area contributed by atoms with Crippen molar-refractivity contribution in [1.82, 2.24) is 4.98 Å². The number of halogens is 1. The number of fused-ring (bicyclic) bond motifs is 1. The van der Waals surface area contributed by atoms with Crippen LogP contribution in [0.5, 0.6) is 5.88 Å². The number of nitrogens with zero attached hydrogens (tertiary/aromatic N) is 3. The summed E-state index contributed by atoms with van der Waals surface area (Å²) in [6.07, 6.45) is 0. The Morgan fingerprint density at radius 3 is 2.80 bits per heavy atom. The van der Waals surface area contributed by atoms with Gasteiger partial charge in [0.1, 0.15) is 23.5 Å². The van der Waals surface area contributed by atoms with Crippen molar-refractivity contribution in [2.45, 2.75) is 6.92 Å².